The van der Waals surface area contributed by atoms with Crippen molar-refractivity contribution in [2.45, 2.75) is 0 Å². The number of aliphatic imine (C=N–C) groups is 1. The van der Waals surface area contributed by atoms with Crippen molar-refractivity contribution in [1.29, 1.82) is 0 Å². The second-order valence-corrected chi connectivity index (χ2v) is 6.56. The molecule has 1 aromatic carbocycles. The van der Waals surface area contributed by atoms with Crippen LogP contribution < -0.4 is 4.90 Å². The molecule has 0 N–H and O–H groups in total. The van der Waals surface area contributed by atoms with Gasteiger partial charge in [0.2, 0.25) is 0 Å². The van der Waals surface area contributed by atoms with Crippen molar-refractivity contribution >= 4 is 22.9 Å². The van der Waals surface area contributed by atoms with Crippen LogP contribution in [-0.4, -0.2) is 77.4 Å². The van der Waals surface area contributed by atoms with E-state index in [2.05, 4.69) is 9.89 Å². The number of nitrogens with zero attached hydrogens (tertiary/aromatic N) is 2. The molecule has 0 saturated carbocycles. The van der Waals surface area contributed by atoms with E-state index in [1.807, 2.05) is 24.3 Å². The fraction of sp³-hybridized carbons (Fsp3) is 0.455. The van der Waals surface area contributed by atoms with Crippen LogP contribution in [0.1, 0.15) is 0 Å². The summed E-state index contributed by atoms with van der Waals surface area (Å²) in [5.74, 6) is -0.0147. The fourth-order valence-corrected chi connectivity index (χ4v) is 2.89. The lowest BCUT2D eigenvalue weighted by atomic mass is 10.1. The Balaban J connectivity index is 1.59. The summed E-state index contributed by atoms with van der Waals surface area (Å²) in [6, 6.07) is 8.03. The number of ketones is 1. The monoisotopic (exact) mass is 400 g/mol. The smallest absolute Gasteiger partial charge is 0.178 e. The van der Waals surface area contributed by atoms with Gasteiger partial charge < -0.3 is 23.8 Å². The van der Waals surface area contributed by atoms with Crippen molar-refractivity contribution in [1.82, 2.24) is 0 Å². The van der Waals surface area contributed by atoms with Crippen molar-refractivity contribution in [3.05, 3.63) is 48.6 Å². The third-order valence-electron chi connectivity index (χ3n) is 4.44. The summed E-state index contributed by atoms with van der Waals surface area (Å²) < 4.78 is 22.3. The van der Waals surface area contributed by atoms with Gasteiger partial charge in [-0.2, -0.15) is 0 Å². The number of carbonyl (C=O) groups excluding carboxylic acids is 1. The first-order chi connectivity index (χ1) is 14.3. The lowest BCUT2D eigenvalue weighted by Gasteiger charge is -2.25. The largest absolute Gasteiger partial charge is 0.377 e. The van der Waals surface area contributed by atoms with Gasteiger partial charge in [0, 0.05) is 18.8 Å². The first kappa shape index (κ1) is 21.4. The molecule has 0 aromatic heterocycles. The minimum atomic E-state index is -0.0147. The molecule has 0 atom stereocenters. The Labute approximate surface area is 171 Å². The van der Waals surface area contributed by atoms with Gasteiger partial charge in [-0.3, -0.25) is 4.79 Å². The highest BCUT2D eigenvalue weighted by Crippen LogP contribution is 2.20. The number of benzene rings is 1. The predicted octanol–water partition coefficient (Wildman–Crippen LogP) is 2.34. The molecule has 1 heterocycles. The summed E-state index contributed by atoms with van der Waals surface area (Å²) in [5.41, 5.74) is 2.69. The van der Waals surface area contributed by atoms with Crippen LogP contribution in [0.25, 0.3) is 0 Å². The number of anilines is 1. The molecule has 1 aromatic rings. The number of allylic oxidation sites excluding steroid dienone is 4. The summed E-state index contributed by atoms with van der Waals surface area (Å²) in [7, 11) is 0. The van der Waals surface area contributed by atoms with Crippen LogP contribution in [0.4, 0.5) is 11.4 Å². The molecule has 0 bridgehead atoms. The zero-order valence-electron chi connectivity index (χ0n) is 16.6. The minimum absolute atomic E-state index is 0.0147. The summed E-state index contributed by atoms with van der Waals surface area (Å²) in [4.78, 5) is 18.0. The van der Waals surface area contributed by atoms with Gasteiger partial charge in [-0.05, 0) is 48.6 Å². The molecule has 156 valence electrons. The highest BCUT2D eigenvalue weighted by atomic mass is 16.6. The second-order valence-electron chi connectivity index (χ2n) is 6.56. The average Bonchev–Trinajstić information content (AvgIpc) is 2.75. The van der Waals surface area contributed by atoms with Crippen LogP contribution in [0.5, 0.6) is 0 Å². The van der Waals surface area contributed by atoms with E-state index in [0.29, 0.717) is 52.9 Å². The minimum Gasteiger partial charge on any atom is -0.377 e. The van der Waals surface area contributed by atoms with Gasteiger partial charge in [0.25, 0.3) is 0 Å². The SMILES string of the molecule is O=C1C=CC(=Nc2ccc(N3CCOCCOCCOCCOCC3)cc2)C=C1. The van der Waals surface area contributed by atoms with Crippen LogP contribution in [0.3, 0.4) is 0 Å². The van der Waals surface area contributed by atoms with E-state index in [0.717, 1.165) is 30.2 Å². The molecule has 3 rings (SSSR count). The predicted molar refractivity (Wildman–Crippen MR) is 112 cm³/mol. The number of hydrogen-bond acceptors (Lipinski definition) is 7. The van der Waals surface area contributed by atoms with E-state index < -0.39 is 0 Å². The summed E-state index contributed by atoms with van der Waals surface area (Å²) in [6.07, 6.45) is 6.49. The van der Waals surface area contributed by atoms with Crippen LogP contribution >= 0.6 is 0 Å². The van der Waals surface area contributed by atoms with Crippen LogP contribution in [-0.2, 0) is 23.7 Å². The van der Waals surface area contributed by atoms with Gasteiger partial charge in [-0.15, -0.1) is 0 Å². The molecule has 0 amide bonds. The Morgan fingerprint density at radius 1 is 0.655 bits per heavy atom. The lowest BCUT2D eigenvalue weighted by Crippen LogP contribution is -2.31. The van der Waals surface area contributed by atoms with Crippen molar-refractivity contribution in [3.8, 4) is 0 Å². The van der Waals surface area contributed by atoms with E-state index >= 15 is 0 Å². The van der Waals surface area contributed by atoms with Gasteiger partial charge in [-0.1, -0.05) is 0 Å². The second kappa shape index (κ2) is 12.3. The molecule has 1 fully saturated rings. The number of carbonyl (C=O) groups is 1. The maximum absolute atomic E-state index is 11.2. The van der Waals surface area contributed by atoms with E-state index in [1.165, 1.54) is 12.2 Å². The summed E-state index contributed by atoms with van der Waals surface area (Å²) in [5, 5.41) is 0. The Hall–Kier alpha value is -2.32. The molecule has 29 heavy (non-hydrogen) atoms. The van der Waals surface area contributed by atoms with Gasteiger partial charge in [-0.25, -0.2) is 4.99 Å². The highest BCUT2D eigenvalue weighted by Gasteiger charge is 2.08. The molecule has 7 nitrogen and oxygen atoms in total. The standard InChI is InChI=1S/C22H28N2O5/c25-22-7-3-20(4-8-22)23-19-1-5-21(6-2-19)24-9-11-26-13-15-28-17-18-29-16-14-27-12-10-24/h1-8H,9-18H2. The summed E-state index contributed by atoms with van der Waals surface area (Å²) >= 11 is 0. The molecule has 7 heteroatoms. The molecule has 0 spiro atoms. The van der Waals surface area contributed by atoms with Crippen LogP contribution in [0.15, 0.2) is 53.6 Å². The first-order valence-electron chi connectivity index (χ1n) is 9.96. The summed E-state index contributed by atoms with van der Waals surface area (Å²) in [6.45, 7) is 6.22. The van der Waals surface area contributed by atoms with Crippen molar-refractivity contribution < 1.29 is 23.7 Å². The maximum Gasteiger partial charge on any atom is 0.178 e. The van der Waals surface area contributed by atoms with Crippen molar-refractivity contribution in [2.24, 2.45) is 4.99 Å². The quantitative estimate of drug-likeness (QED) is 0.710. The topological polar surface area (TPSA) is 69.6 Å². The van der Waals surface area contributed by atoms with Gasteiger partial charge in [0.05, 0.1) is 64.3 Å². The number of hydrogen-bond donors (Lipinski definition) is 0. The fourth-order valence-electron chi connectivity index (χ4n) is 2.89. The molecule has 1 saturated heterocycles. The number of rotatable bonds is 2. The molecule has 2 aliphatic rings. The zero-order valence-corrected chi connectivity index (χ0v) is 16.6. The lowest BCUT2D eigenvalue weighted by molar-refractivity contribution is -0.110. The van der Waals surface area contributed by atoms with Gasteiger partial charge in [0.1, 0.15) is 0 Å². The van der Waals surface area contributed by atoms with E-state index in [-0.39, 0.29) is 5.78 Å². The highest BCUT2D eigenvalue weighted by molar-refractivity contribution is 6.17. The molecule has 1 aliphatic heterocycles. The van der Waals surface area contributed by atoms with Crippen LogP contribution in [0, 0.1) is 0 Å². The zero-order chi connectivity index (χ0) is 20.2. The molecule has 1 aliphatic carbocycles. The first-order valence-corrected chi connectivity index (χ1v) is 9.96. The van der Waals surface area contributed by atoms with E-state index in [4.69, 9.17) is 18.9 Å². The third-order valence-corrected chi connectivity index (χ3v) is 4.44. The van der Waals surface area contributed by atoms with Gasteiger partial charge >= 0.3 is 0 Å². The number of ether oxygens (including phenoxy) is 4. The molecular weight excluding hydrogens is 372 g/mol. The van der Waals surface area contributed by atoms with E-state index in [1.54, 1.807) is 12.2 Å². The normalized spacial score (nSPS) is 20.2. The Morgan fingerprint density at radius 2 is 1.14 bits per heavy atom. The molecular formula is C22H28N2O5. The van der Waals surface area contributed by atoms with Crippen LogP contribution in [0.2, 0.25) is 0 Å². The average molecular weight is 400 g/mol. The Bertz CT molecular complexity index is 693. The van der Waals surface area contributed by atoms with Crippen molar-refractivity contribution in [2.75, 3.05) is 70.8 Å². The molecule has 0 radical (unpaired) electrons. The van der Waals surface area contributed by atoms with E-state index in [9.17, 15) is 4.79 Å². The van der Waals surface area contributed by atoms with Crippen molar-refractivity contribution in [3.63, 3.8) is 0 Å². The molecule has 0 unspecified atom stereocenters. The maximum atomic E-state index is 11.2. The van der Waals surface area contributed by atoms with Gasteiger partial charge in [0.15, 0.2) is 5.78 Å². The third kappa shape index (κ3) is 7.91. The Kier molecular flexibility index (Phi) is 9.06. The Morgan fingerprint density at radius 3 is 1.66 bits per heavy atom.